The van der Waals surface area contributed by atoms with Gasteiger partial charge in [0.1, 0.15) is 0 Å². The molecule has 0 spiro atoms. The molecule has 5 nitrogen and oxygen atoms in total. The highest BCUT2D eigenvalue weighted by Crippen LogP contribution is 2.27. The van der Waals surface area contributed by atoms with Gasteiger partial charge >= 0.3 is 0 Å². The summed E-state index contributed by atoms with van der Waals surface area (Å²) in [7, 11) is 2.01. The molecule has 0 aromatic heterocycles. The number of benzene rings is 1. The van der Waals surface area contributed by atoms with Crippen molar-refractivity contribution in [2.45, 2.75) is 44.8 Å². The lowest BCUT2D eigenvalue weighted by atomic mass is 9.91. The lowest BCUT2D eigenvalue weighted by Gasteiger charge is -2.36. The smallest absolute Gasteiger partial charge is 0.170 e. The standard InChI is InChI=1S/C15H23N3O2/c1-10-9-11(7-8-12(10)15(16)17-20)18(2)13-5-3-4-6-14(13)19/h7-9,13-14,19-20H,3-6H2,1-2H3,(H2,16,17). The SMILES string of the molecule is Cc1cc(N(C)C2CCCCC2O)ccc1/C(N)=N/O. The van der Waals surface area contributed by atoms with Gasteiger partial charge in [0.05, 0.1) is 12.1 Å². The van der Waals surface area contributed by atoms with Crippen LogP contribution in [-0.4, -0.2) is 35.3 Å². The predicted molar refractivity (Wildman–Crippen MR) is 80.4 cm³/mol. The number of aryl methyl sites for hydroxylation is 1. The summed E-state index contributed by atoms with van der Waals surface area (Å²) in [6, 6.07) is 5.97. The maximum absolute atomic E-state index is 10.1. The first-order chi connectivity index (χ1) is 9.54. The van der Waals surface area contributed by atoms with Crippen molar-refractivity contribution in [1.29, 1.82) is 0 Å². The van der Waals surface area contributed by atoms with Crippen molar-refractivity contribution in [1.82, 2.24) is 0 Å². The van der Waals surface area contributed by atoms with Gasteiger partial charge in [0.2, 0.25) is 0 Å². The van der Waals surface area contributed by atoms with Crippen molar-refractivity contribution in [2.24, 2.45) is 10.9 Å². The van der Waals surface area contributed by atoms with Crippen molar-refractivity contribution in [3.63, 3.8) is 0 Å². The molecule has 0 radical (unpaired) electrons. The normalized spacial score (nSPS) is 23.6. The van der Waals surface area contributed by atoms with E-state index in [0.717, 1.165) is 42.5 Å². The van der Waals surface area contributed by atoms with Crippen molar-refractivity contribution >= 4 is 11.5 Å². The Balaban J connectivity index is 2.22. The highest BCUT2D eigenvalue weighted by atomic mass is 16.4. The molecule has 0 bridgehead atoms. The monoisotopic (exact) mass is 277 g/mol. The summed E-state index contributed by atoms with van der Waals surface area (Å²) in [5.41, 5.74) is 8.36. The Bertz CT molecular complexity index is 502. The minimum atomic E-state index is -0.266. The molecule has 5 heteroatoms. The number of aliphatic hydroxyl groups excluding tert-OH is 1. The van der Waals surface area contributed by atoms with E-state index in [-0.39, 0.29) is 18.0 Å². The average molecular weight is 277 g/mol. The molecule has 0 amide bonds. The van der Waals surface area contributed by atoms with Crippen molar-refractivity contribution in [2.75, 3.05) is 11.9 Å². The van der Waals surface area contributed by atoms with Crippen LogP contribution in [0.15, 0.2) is 23.4 Å². The molecule has 0 aliphatic heterocycles. The summed E-state index contributed by atoms with van der Waals surface area (Å²) in [5, 5.41) is 21.9. The van der Waals surface area contributed by atoms with Gasteiger partial charge in [0.25, 0.3) is 0 Å². The third kappa shape index (κ3) is 2.88. The van der Waals surface area contributed by atoms with E-state index < -0.39 is 0 Å². The number of anilines is 1. The number of nitrogens with zero attached hydrogens (tertiary/aromatic N) is 2. The fourth-order valence-electron chi connectivity index (χ4n) is 2.94. The van der Waals surface area contributed by atoms with E-state index in [2.05, 4.69) is 10.1 Å². The maximum atomic E-state index is 10.1. The third-order valence-electron chi connectivity index (χ3n) is 4.19. The number of amidine groups is 1. The number of rotatable bonds is 3. The van der Waals surface area contributed by atoms with E-state index in [0.29, 0.717) is 0 Å². The topological polar surface area (TPSA) is 82.1 Å². The molecule has 2 unspecified atom stereocenters. The van der Waals surface area contributed by atoms with Crippen LogP contribution in [0, 0.1) is 6.92 Å². The van der Waals surface area contributed by atoms with E-state index in [1.807, 2.05) is 32.2 Å². The fourth-order valence-corrected chi connectivity index (χ4v) is 2.94. The van der Waals surface area contributed by atoms with E-state index in [9.17, 15) is 5.11 Å². The van der Waals surface area contributed by atoms with E-state index in [1.165, 1.54) is 0 Å². The molecule has 2 rings (SSSR count). The van der Waals surface area contributed by atoms with Crippen molar-refractivity contribution in [3.05, 3.63) is 29.3 Å². The molecule has 20 heavy (non-hydrogen) atoms. The van der Waals surface area contributed by atoms with Gasteiger partial charge in [-0.3, -0.25) is 0 Å². The van der Waals surface area contributed by atoms with Crippen LogP contribution >= 0.6 is 0 Å². The first-order valence-corrected chi connectivity index (χ1v) is 7.04. The maximum Gasteiger partial charge on any atom is 0.170 e. The summed E-state index contributed by atoms with van der Waals surface area (Å²) in [6.07, 6.45) is 3.88. The zero-order chi connectivity index (χ0) is 14.7. The highest BCUT2D eigenvalue weighted by molar-refractivity contribution is 5.98. The molecule has 0 heterocycles. The molecule has 1 aliphatic rings. The van der Waals surface area contributed by atoms with Gasteiger partial charge < -0.3 is 20.9 Å². The van der Waals surface area contributed by atoms with Gasteiger partial charge in [-0.25, -0.2) is 0 Å². The summed E-state index contributed by atoms with van der Waals surface area (Å²) < 4.78 is 0. The highest BCUT2D eigenvalue weighted by Gasteiger charge is 2.27. The van der Waals surface area contributed by atoms with Crippen LogP contribution in [0.3, 0.4) is 0 Å². The number of oxime groups is 1. The minimum absolute atomic E-state index is 0.120. The quantitative estimate of drug-likeness (QED) is 0.341. The largest absolute Gasteiger partial charge is 0.409 e. The summed E-state index contributed by atoms with van der Waals surface area (Å²) in [5.74, 6) is 0.120. The lowest BCUT2D eigenvalue weighted by Crippen LogP contribution is -2.43. The van der Waals surface area contributed by atoms with Crippen molar-refractivity contribution < 1.29 is 10.3 Å². The Morgan fingerprint density at radius 2 is 2.05 bits per heavy atom. The molecular weight excluding hydrogens is 254 g/mol. The van der Waals surface area contributed by atoms with Gasteiger partial charge in [-0.1, -0.05) is 18.0 Å². The Morgan fingerprint density at radius 1 is 1.35 bits per heavy atom. The predicted octanol–water partition coefficient (Wildman–Crippen LogP) is 1.83. The number of hydrogen-bond donors (Lipinski definition) is 3. The van der Waals surface area contributed by atoms with Crippen LogP contribution < -0.4 is 10.6 Å². The molecule has 1 aromatic rings. The van der Waals surface area contributed by atoms with E-state index in [1.54, 1.807) is 0 Å². The first-order valence-electron chi connectivity index (χ1n) is 7.04. The van der Waals surface area contributed by atoms with Gasteiger partial charge in [-0.2, -0.15) is 0 Å². The van der Waals surface area contributed by atoms with Gasteiger partial charge in [0, 0.05) is 18.3 Å². The van der Waals surface area contributed by atoms with Crippen LogP contribution in [0.5, 0.6) is 0 Å². The summed E-state index contributed by atoms with van der Waals surface area (Å²) >= 11 is 0. The minimum Gasteiger partial charge on any atom is -0.409 e. The van der Waals surface area contributed by atoms with Crippen LogP contribution in [0.2, 0.25) is 0 Å². The van der Waals surface area contributed by atoms with Crippen LogP contribution in [0.1, 0.15) is 36.8 Å². The van der Waals surface area contributed by atoms with Gasteiger partial charge in [0.15, 0.2) is 5.84 Å². The molecule has 4 N–H and O–H groups in total. The Labute approximate surface area is 119 Å². The molecule has 1 aliphatic carbocycles. The molecule has 0 saturated heterocycles. The van der Waals surface area contributed by atoms with E-state index in [4.69, 9.17) is 10.9 Å². The second kappa shape index (κ2) is 6.13. The van der Waals surface area contributed by atoms with Gasteiger partial charge in [-0.15, -0.1) is 0 Å². The van der Waals surface area contributed by atoms with Crippen LogP contribution in [0.25, 0.3) is 0 Å². The fraction of sp³-hybridized carbons (Fsp3) is 0.533. The number of likely N-dealkylation sites (N-methyl/N-ethyl adjacent to an activating group) is 1. The number of aliphatic hydroxyl groups is 1. The molecule has 2 atom stereocenters. The summed E-state index contributed by atoms with van der Waals surface area (Å²) in [4.78, 5) is 2.13. The number of hydrogen-bond acceptors (Lipinski definition) is 4. The third-order valence-corrected chi connectivity index (χ3v) is 4.19. The Hall–Kier alpha value is -1.75. The van der Waals surface area contributed by atoms with Crippen LogP contribution in [0.4, 0.5) is 5.69 Å². The Kier molecular flexibility index (Phi) is 4.49. The number of nitrogens with two attached hydrogens (primary N) is 1. The second-order valence-electron chi connectivity index (χ2n) is 5.51. The first kappa shape index (κ1) is 14.7. The summed E-state index contributed by atoms with van der Waals surface area (Å²) in [6.45, 7) is 1.93. The van der Waals surface area contributed by atoms with Crippen molar-refractivity contribution in [3.8, 4) is 0 Å². The lowest BCUT2D eigenvalue weighted by molar-refractivity contribution is 0.106. The van der Waals surface area contributed by atoms with E-state index >= 15 is 0 Å². The molecule has 1 aromatic carbocycles. The van der Waals surface area contributed by atoms with Gasteiger partial charge in [-0.05, 0) is 43.5 Å². The molecule has 1 saturated carbocycles. The van der Waals surface area contributed by atoms with Crippen LogP contribution in [-0.2, 0) is 0 Å². The second-order valence-corrected chi connectivity index (χ2v) is 5.51. The molecule has 1 fully saturated rings. The average Bonchev–Trinajstić information content (AvgIpc) is 2.46. The Morgan fingerprint density at radius 3 is 2.65 bits per heavy atom. The molecular formula is C15H23N3O2. The zero-order valence-electron chi connectivity index (χ0n) is 12.1. The zero-order valence-corrected chi connectivity index (χ0v) is 12.1. The molecule has 110 valence electrons.